The van der Waals surface area contributed by atoms with Crippen molar-refractivity contribution in [3.05, 3.63) is 35.1 Å². The van der Waals surface area contributed by atoms with E-state index in [1.54, 1.807) is 23.9 Å². The Kier molecular flexibility index (Phi) is 5.48. The van der Waals surface area contributed by atoms with E-state index in [1.165, 1.54) is 23.3 Å². The van der Waals surface area contributed by atoms with E-state index in [-0.39, 0.29) is 11.8 Å². The zero-order chi connectivity index (χ0) is 21.4. The van der Waals surface area contributed by atoms with Crippen molar-refractivity contribution in [3.63, 3.8) is 0 Å². The Morgan fingerprint density at radius 1 is 1.03 bits per heavy atom. The van der Waals surface area contributed by atoms with Gasteiger partial charge in [0.2, 0.25) is 5.91 Å². The van der Waals surface area contributed by atoms with Gasteiger partial charge in [0.15, 0.2) is 0 Å². The van der Waals surface area contributed by atoms with Crippen molar-refractivity contribution >= 4 is 44.8 Å². The summed E-state index contributed by atoms with van der Waals surface area (Å²) >= 11 is 1.72. The summed E-state index contributed by atoms with van der Waals surface area (Å²) in [4.78, 5) is 33.3. The molecular formula is C23H28N6OS. The molecule has 0 radical (unpaired) electrons. The molecule has 5 rings (SSSR count). The SMILES string of the molecule is Cc1sc2ncnc(N3CCC(C(=O)Nc4ccc(N5CCCC5)nc4)CC3)c2c1C. The van der Waals surface area contributed by atoms with Crippen LogP contribution in [0.2, 0.25) is 0 Å². The Morgan fingerprint density at radius 2 is 1.81 bits per heavy atom. The van der Waals surface area contributed by atoms with Gasteiger partial charge in [-0.1, -0.05) is 0 Å². The zero-order valence-corrected chi connectivity index (χ0v) is 18.9. The average molecular weight is 437 g/mol. The largest absolute Gasteiger partial charge is 0.357 e. The van der Waals surface area contributed by atoms with Crippen molar-refractivity contribution < 1.29 is 4.79 Å². The van der Waals surface area contributed by atoms with Crippen LogP contribution in [0.25, 0.3) is 10.2 Å². The number of thiophene rings is 1. The molecule has 0 spiro atoms. The molecule has 2 aliphatic rings. The van der Waals surface area contributed by atoms with Gasteiger partial charge in [-0.3, -0.25) is 4.79 Å². The van der Waals surface area contributed by atoms with Crippen LogP contribution < -0.4 is 15.1 Å². The summed E-state index contributed by atoms with van der Waals surface area (Å²) in [6.07, 6.45) is 7.53. The third-order valence-corrected chi connectivity index (χ3v) is 7.67. The molecule has 8 heteroatoms. The maximum atomic E-state index is 12.8. The van der Waals surface area contributed by atoms with Gasteiger partial charge in [-0.2, -0.15) is 0 Å². The van der Waals surface area contributed by atoms with Crippen LogP contribution in [0.4, 0.5) is 17.3 Å². The highest BCUT2D eigenvalue weighted by Crippen LogP contribution is 2.35. The van der Waals surface area contributed by atoms with Crippen molar-refractivity contribution in [2.24, 2.45) is 5.92 Å². The fraction of sp³-hybridized carbons (Fsp3) is 0.478. The van der Waals surface area contributed by atoms with E-state index < -0.39 is 0 Å². The van der Waals surface area contributed by atoms with Gasteiger partial charge in [-0.15, -0.1) is 11.3 Å². The zero-order valence-electron chi connectivity index (χ0n) is 18.1. The van der Waals surface area contributed by atoms with E-state index in [0.29, 0.717) is 0 Å². The molecule has 0 bridgehead atoms. The van der Waals surface area contributed by atoms with E-state index in [1.807, 2.05) is 12.1 Å². The van der Waals surface area contributed by atoms with Crippen LogP contribution in [-0.2, 0) is 4.79 Å². The summed E-state index contributed by atoms with van der Waals surface area (Å²) in [5, 5.41) is 4.23. The van der Waals surface area contributed by atoms with Crippen LogP contribution in [-0.4, -0.2) is 47.0 Å². The maximum Gasteiger partial charge on any atom is 0.227 e. The second-order valence-electron chi connectivity index (χ2n) is 8.51. The summed E-state index contributed by atoms with van der Waals surface area (Å²) in [6, 6.07) is 3.97. The minimum Gasteiger partial charge on any atom is -0.357 e. The topological polar surface area (TPSA) is 74.2 Å². The molecule has 0 atom stereocenters. The first kappa shape index (κ1) is 20.2. The molecule has 2 saturated heterocycles. The third kappa shape index (κ3) is 3.96. The highest BCUT2D eigenvalue weighted by atomic mass is 32.1. The highest BCUT2D eigenvalue weighted by molar-refractivity contribution is 7.18. The van der Waals surface area contributed by atoms with E-state index in [2.05, 4.69) is 43.9 Å². The van der Waals surface area contributed by atoms with Crippen LogP contribution >= 0.6 is 11.3 Å². The molecule has 3 aromatic rings. The monoisotopic (exact) mass is 436 g/mol. The minimum atomic E-state index is 0.0112. The molecule has 5 heterocycles. The normalized spacial score (nSPS) is 17.5. The van der Waals surface area contributed by atoms with E-state index in [0.717, 1.165) is 66.6 Å². The molecule has 0 aliphatic carbocycles. The van der Waals surface area contributed by atoms with Gasteiger partial charge in [0, 0.05) is 37.0 Å². The molecule has 2 fully saturated rings. The van der Waals surface area contributed by atoms with E-state index >= 15 is 0 Å². The van der Waals surface area contributed by atoms with Crippen molar-refractivity contribution in [2.75, 3.05) is 41.3 Å². The van der Waals surface area contributed by atoms with Gasteiger partial charge >= 0.3 is 0 Å². The van der Waals surface area contributed by atoms with Crippen molar-refractivity contribution in [3.8, 4) is 0 Å². The Bertz CT molecular complexity index is 1080. The molecule has 0 saturated carbocycles. The van der Waals surface area contributed by atoms with Gasteiger partial charge in [0.1, 0.15) is 22.8 Å². The summed E-state index contributed by atoms with van der Waals surface area (Å²) in [6.45, 7) is 8.06. The quantitative estimate of drug-likeness (QED) is 0.662. The van der Waals surface area contributed by atoms with Crippen LogP contribution in [0.3, 0.4) is 0 Å². The van der Waals surface area contributed by atoms with E-state index in [9.17, 15) is 4.79 Å². The highest BCUT2D eigenvalue weighted by Gasteiger charge is 2.27. The van der Waals surface area contributed by atoms with Crippen molar-refractivity contribution in [2.45, 2.75) is 39.5 Å². The molecule has 2 aliphatic heterocycles. The predicted octanol–water partition coefficient (Wildman–Crippen LogP) is 4.16. The number of nitrogens with zero attached hydrogens (tertiary/aromatic N) is 5. The van der Waals surface area contributed by atoms with Gasteiger partial charge in [0.05, 0.1) is 17.3 Å². The van der Waals surface area contributed by atoms with Crippen LogP contribution in [0.15, 0.2) is 24.7 Å². The number of carbonyl (C=O) groups excluding carboxylic acids is 1. The molecule has 1 N–H and O–H groups in total. The Balaban J connectivity index is 1.21. The summed E-state index contributed by atoms with van der Waals surface area (Å²) in [5.74, 6) is 2.11. The number of nitrogens with one attached hydrogen (secondary N) is 1. The Hall–Kier alpha value is -2.74. The fourth-order valence-corrected chi connectivity index (χ4v) is 5.59. The maximum absolute atomic E-state index is 12.8. The lowest BCUT2D eigenvalue weighted by atomic mass is 9.95. The van der Waals surface area contributed by atoms with Gasteiger partial charge in [-0.25, -0.2) is 15.0 Å². The lowest BCUT2D eigenvalue weighted by molar-refractivity contribution is -0.120. The third-order valence-electron chi connectivity index (χ3n) is 6.56. The molecule has 1 amide bonds. The first-order valence-electron chi connectivity index (χ1n) is 11.1. The molecule has 31 heavy (non-hydrogen) atoms. The molecule has 162 valence electrons. The second kappa shape index (κ2) is 8.42. The summed E-state index contributed by atoms with van der Waals surface area (Å²) in [7, 11) is 0. The number of amides is 1. The Morgan fingerprint density at radius 3 is 2.52 bits per heavy atom. The first-order chi connectivity index (χ1) is 15.1. The number of fused-ring (bicyclic) bond motifs is 1. The van der Waals surface area contributed by atoms with Gasteiger partial charge in [-0.05, 0) is 57.2 Å². The number of pyridine rings is 1. The minimum absolute atomic E-state index is 0.0112. The number of piperidine rings is 1. The van der Waals surface area contributed by atoms with Crippen LogP contribution in [0.1, 0.15) is 36.1 Å². The number of hydrogen-bond donors (Lipinski definition) is 1. The Labute approximate surface area is 186 Å². The fourth-order valence-electron chi connectivity index (χ4n) is 4.59. The number of aryl methyl sites for hydroxylation is 2. The van der Waals surface area contributed by atoms with Gasteiger partial charge < -0.3 is 15.1 Å². The van der Waals surface area contributed by atoms with Gasteiger partial charge in [0.25, 0.3) is 0 Å². The summed E-state index contributed by atoms with van der Waals surface area (Å²) in [5.41, 5.74) is 2.04. The molecule has 0 unspecified atom stereocenters. The van der Waals surface area contributed by atoms with E-state index in [4.69, 9.17) is 0 Å². The van der Waals surface area contributed by atoms with Crippen LogP contribution in [0.5, 0.6) is 0 Å². The summed E-state index contributed by atoms with van der Waals surface area (Å²) < 4.78 is 0. The first-order valence-corrected chi connectivity index (χ1v) is 11.9. The average Bonchev–Trinajstić information content (AvgIpc) is 3.43. The molecule has 0 aromatic carbocycles. The second-order valence-corrected chi connectivity index (χ2v) is 9.71. The lowest BCUT2D eigenvalue weighted by Gasteiger charge is -2.32. The molecule has 3 aromatic heterocycles. The van der Waals surface area contributed by atoms with Crippen molar-refractivity contribution in [1.29, 1.82) is 0 Å². The predicted molar refractivity (Wildman–Crippen MR) is 126 cm³/mol. The van der Waals surface area contributed by atoms with Crippen molar-refractivity contribution in [1.82, 2.24) is 15.0 Å². The van der Waals surface area contributed by atoms with Crippen LogP contribution in [0, 0.1) is 19.8 Å². The number of rotatable bonds is 4. The smallest absolute Gasteiger partial charge is 0.227 e. The number of hydrogen-bond acceptors (Lipinski definition) is 7. The number of aromatic nitrogens is 3. The standard InChI is InChI=1S/C23H28N6OS/c1-15-16(2)31-23-20(15)21(25-14-26-23)29-11-7-17(8-12-29)22(30)27-18-5-6-19(24-13-18)28-9-3-4-10-28/h5-6,13-14,17H,3-4,7-12H2,1-2H3,(H,27,30). The number of anilines is 3. The molecule has 7 nitrogen and oxygen atoms in total. The molecular weight excluding hydrogens is 408 g/mol. The lowest BCUT2D eigenvalue weighted by Crippen LogP contribution is -2.38. The number of carbonyl (C=O) groups is 1.